The molecule has 0 aliphatic carbocycles. The predicted octanol–water partition coefficient (Wildman–Crippen LogP) is -0.626. The lowest BCUT2D eigenvalue weighted by molar-refractivity contribution is -0.386. The second-order valence-corrected chi connectivity index (χ2v) is 2.72. The first kappa shape index (κ1) is 8.49. The Labute approximate surface area is 77.8 Å². The number of fused-ring (bicyclic) bond motifs is 1. The van der Waals surface area contributed by atoms with Crippen LogP contribution in [0.1, 0.15) is 0 Å². The summed E-state index contributed by atoms with van der Waals surface area (Å²) in [6, 6.07) is 4.42. The maximum Gasteiger partial charge on any atom is 0.297 e. The number of rotatable bonds is 1. The van der Waals surface area contributed by atoms with Gasteiger partial charge in [-0.1, -0.05) is 6.07 Å². The molecule has 6 heteroatoms. The van der Waals surface area contributed by atoms with Crippen LogP contribution >= 0.6 is 0 Å². The van der Waals surface area contributed by atoms with Crippen molar-refractivity contribution in [1.82, 2.24) is 0 Å². The molecule has 0 atom stereocenters. The lowest BCUT2D eigenvalue weighted by Crippen LogP contribution is -2.33. The zero-order valence-electron chi connectivity index (χ0n) is 7.01. The third-order valence-electron chi connectivity index (χ3n) is 1.81. The summed E-state index contributed by atoms with van der Waals surface area (Å²) >= 11 is 0. The van der Waals surface area contributed by atoms with Crippen LogP contribution in [-0.2, 0) is 4.79 Å². The number of carbonyl (C=O) groups excluding carboxylic acids is 1. The normalized spacial score (nSPS) is 13.9. The Balaban J connectivity index is 2.85. The Kier molecular flexibility index (Phi) is 1.81. The van der Waals surface area contributed by atoms with Crippen LogP contribution in [0, 0.1) is 10.1 Å². The molecule has 0 spiro atoms. The van der Waals surface area contributed by atoms with Crippen LogP contribution in [0.25, 0.3) is 0 Å². The molecule has 1 aliphatic heterocycles. The van der Waals surface area contributed by atoms with Crippen molar-refractivity contribution in [3.05, 3.63) is 39.0 Å². The van der Waals surface area contributed by atoms with Gasteiger partial charge in [0.15, 0.2) is 5.36 Å². The zero-order chi connectivity index (χ0) is 10.1. The van der Waals surface area contributed by atoms with E-state index in [1.54, 1.807) is 6.07 Å². The SMILES string of the molecule is O=C1CN=c2cccc([N+](=O)[O-])c2=N1. The molecule has 6 nitrogen and oxygen atoms in total. The van der Waals surface area contributed by atoms with Gasteiger partial charge >= 0.3 is 0 Å². The summed E-state index contributed by atoms with van der Waals surface area (Å²) in [4.78, 5) is 28.4. The minimum atomic E-state index is -0.573. The average Bonchev–Trinajstić information content (AvgIpc) is 2.16. The second kappa shape index (κ2) is 2.99. The molecule has 0 N–H and O–H groups in total. The molecular weight excluding hydrogens is 186 g/mol. The molecule has 1 amide bonds. The molecule has 0 bridgehead atoms. The number of hydrogen-bond acceptors (Lipinski definition) is 4. The van der Waals surface area contributed by atoms with Crippen LogP contribution in [-0.4, -0.2) is 17.4 Å². The van der Waals surface area contributed by atoms with Crippen LogP contribution in [0.15, 0.2) is 28.2 Å². The molecule has 0 fully saturated rings. The highest BCUT2D eigenvalue weighted by molar-refractivity contribution is 5.80. The summed E-state index contributed by atoms with van der Waals surface area (Å²) in [6.07, 6.45) is 0. The van der Waals surface area contributed by atoms with E-state index in [1.165, 1.54) is 12.1 Å². The molecule has 1 aromatic rings. The van der Waals surface area contributed by atoms with Gasteiger partial charge in [0.1, 0.15) is 6.54 Å². The molecule has 0 aromatic heterocycles. The number of para-hydroxylation sites is 1. The van der Waals surface area contributed by atoms with Gasteiger partial charge in [0.25, 0.3) is 11.6 Å². The number of nitro groups is 1. The van der Waals surface area contributed by atoms with Crippen molar-refractivity contribution in [2.75, 3.05) is 6.54 Å². The van der Waals surface area contributed by atoms with Gasteiger partial charge < -0.3 is 0 Å². The first-order chi connectivity index (χ1) is 6.68. The number of benzene rings is 1. The van der Waals surface area contributed by atoms with Gasteiger partial charge in [-0.3, -0.25) is 19.9 Å². The smallest absolute Gasteiger partial charge is 0.273 e. The minimum Gasteiger partial charge on any atom is -0.273 e. The summed E-state index contributed by atoms with van der Waals surface area (Å²) in [5.41, 5.74) is -0.181. The third-order valence-corrected chi connectivity index (χ3v) is 1.81. The summed E-state index contributed by atoms with van der Waals surface area (Å²) in [6.45, 7) is -0.0336. The van der Waals surface area contributed by atoms with E-state index in [0.29, 0.717) is 5.36 Å². The van der Waals surface area contributed by atoms with Gasteiger partial charge in [0, 0.05) is 6.07 Å². The van der Waals surface area contributed by atoms with E-state index in [-0.39, 0.29) is 17.6 Å². The standard InChI is InChI=1S/C8H5N3O3/c12-7-4-9-5-2-1-3-6(11(13)14)8(5)10-7/h1-3H,4H2. The number of nitrogens with zero attached hydrogens (tertiary/aromatic N) is 3. The lowest BCUT2D eigenvalue weighted by atomic mass is 10.2. The van der Waals surface area contributed by atoms with Gasteiger partial charge in [-0.15, -0.1) is 0 Å². The molecule has 0 saturated heterocycles. The first-order valence-electron chi connectivity index (χ1n) is 3.88. The molecule has 0 radical (unpaired) electrons. The van der Waals surface area contributed by atoms with Crippen molar-refractivity contribution in [1.29, 1.82) is 0 Å². The van der Waals surface area contributed by atoms with Crippen molar-refractivity contribution in [2.24, 2.45) is 9.98 Å². The molecule has 0 saturated carbocycles. The quantitative estimate of drug-likeness (QED) is 0.437. The van der Waals surface area contributed by atoms with Gasteiger partial charge in [-0.05, 0) is 6.07 Å². The molecule has 2 rings (SSSR count). The summed E-state index contributed by atoms with van der Waals surface area (Å²) in [7, 11) is 0. The third kappa shape index (κ3) is 1.26. The van der Waals surface area contributed by atoms with E-state index in [4.69, 9.17) is 0 Å². The van der Waals surface area contributed by atoms with Gasteiger partial charge in [-0.25, -0.2) is 4.99 Å². The lowest BCUT2D eigenvalue weighted by Gasteiger charge is -1.98. The molecule has 1 heterocycles. The van der Waals surface area contributed by atoms with Crippen molar-refractivity contribution >= 4 is 11.6 Å². The Morgan fingerprint density at radius 1 is 1.43 bits per heavy atom. The fourth-order valence-electron chi connectivity index (χ4n) is 1.22. The number of non-ortho nitro benzene ring substituents is 1. The van der Waals surface area contributed by atoms with E-state index in [2.05, 4.69) is 9.98 Å². The summed E-state index contributed by atoms with van der Waals surface area (Å²) in [5, 5.41) is 11.0. The van der Waals surface area contributed by atoms with E-state index in [1.807, 2.05) is 0 Å². The number of carbonyl (C=O) groups is 1. The van der Waals surface area contributed by atoms with Crippen LogP contribution in [0.5, 0.6) is 0 Å². The highest BCUT2D eigenvalue weighted by Crippen LogP contribution is 2.00. The molecule has 70 valence electrons. The largest absolute Gasteiger partial charge is 0.297 e. The molecule has 1 aromatic carbocycles. The maximum atomic E-state index is 10.9. The molecular formula is C8H5N3O3. The first-order valence-corrected chi connectivity index (χ1v) is 3.88. The number of hydrogen-bond donors (Lipinski definition) is 0. The van der Waals surface area contributed by atoms with Crippen molar-refractivity contribution in [3.8, 4) is 0 Å². The molecule has 14 heavy (non-hydrogen) atoms. The van der Waals surface area contributed by atoms with Crippen molar-refractivity contribution in [3.63, 3.8) is 0 Å². The van der Waals surface area contributed by atoms with Gasteiger partial charge in [0.05, 0.1) is 10.3 Å². The Morgan fingerprint density at radius 3 is 2.93 bits per heavy atom. The summed E-state index contributed by atoms with van der Waals surface area (Å²) < 4.78 is 0. The maximum absolute atomic E-state index is 10.9. The molecule has 1 aliphatic rings. The van der Waals surface area contributed by atoms with Crippen LogP contribution in [0.4, 0.5) is 5.69 Å². The fraction of sp³-hybridized carbons (Fsp3) is 0.125. The highest BCUT2D eigenvalue weighted by atomic mass is 16.6. The Bertz CT molecular complexity index is 535. The van der Waals surface area contributed by atoms with Crippen LogP contribution < -0.4 is 10.7 Å². The van der Waals surface area contributed by atoms with Crippen molar-refractivity contribution < 1.29 is 9.72 Å². The monoisotopic (exact) mass is 191 g/mol. The Hall–Kier alpha value is -2.11. The predicted molar refractivity (Wildman–Crippen MR) is 45.3 cm³/mol. The Morgan fingerprint density at radius 2 is 2.21 bits per heavy atom. The van der Waals surface area contributed by atoms with E-state index in [0.717, 1.165) is 0 Å². The second-order valence-electron chi connectivity index (χ2n) is 2.72. The molecule has 0 unspecified atom stereocenters. The minimum absolute atomic E-state index is 0.0336. The zero-order valence-corrected chi connectivity index (χ0v) is 7.01. The van der Waals surface area contributed by atoms with E-state index < -0.39 is 10.8 Å². The average molecular weight is 191 g/mol. The van der Waals surface area contributed by atoms with Gasteiger partial charge in [-0.2, -0.15) is 0 Å². The van der Waals surface area contributed by atoms with E-state index >= 15 is 0 Å². The van der Waals surface area contributed by atoms with Crippen LogP contribution in [0.3, 0.4) is 0 Å². The highest BCUT2D eigenvalue weighted by Gasteiger charge is 2.14. The van der Waals surface area contributed by atoms with E-state index in [9.17, 15) is 14.9 Å². The number of nitro benzene ring substituents is 1. The summed E-state index contributed by atoms with van der Waals surface area (Å²) in [5.74, 6) is -0.452. The van der Waals surface area contributed by atoms with Gasteiger partial charge in [0.2, 0.25) is 0 Å². The van der Waals surface area contributed by atoms with Crippen LogP contribution in [0.2, 0.25) is 0 Å². The number of amides is 1. The van der Waals surface area contributed by atoms with Crippen molar-refractivity contribution in [2.45, 2.75) is 0 Å². The topological polar surface area (TPSA) is 84.9 Å². The fourth-order valence-corrected chi connectivity index (χ4v) is 1.22.